The summed E-state index contributed by atoms with van der Waals surface area (Å²) < 4.78 is 5.25. The summed E-state index contributed by atoms with van der Waals surface area (Å²) in [6.45, 7) is 4.53. The fourth-order valence-corrected chi connectivity index (χ4v) is 2.26. The van der Waals surface area contributed by atoms with Gasteiger partial charge in [-0.25, -0.2) is 0 Å². The molecule has 90 valence electrons. The van der Waals surface area contributed by atoms with E-state index in [1.54, 1.807) is 7.11 Å². The highest BCUT2D eigenvalue weighted by Crippen LogP contribution is 2.15. The van der Waals surface area contributed by atoms with E-state index in [9.17, 15) is 4.79 Å². The summed E-state index contributed by atoms with van der Waals surface area (Å²) in [6, 6.07) is -0.0447. The van der Waals surface area contributed by atoms with Gasteiger partial charge in [-0.3, -0.25) is 4.79 Å². The largest absolute Gasteiger partial charge is 0.380 e. The first-order valence-corrected chi connectivity index (χ1v) is 5.91. The third kappa shape index (κ3) is 2.44. The SMILES string of the molecule is COC1CNC(C(=O)N2CC=C(C)CC2)C1. The minimum atomic E-state index is -0.0447. The molecule has 1 fully saturated rings. The van der Waals surface area contributed by atoms with Gasteiger partial charge in [0.1, 0.15) is 0 Å². The third-order valence-electron chi connectivity index (χ3n) is 3.47. The topological polar surface area (TPSA) is 41.6 Å². The molecule has 4 heteroatoms. The lowest BCUT2D eigenvalue weighted by molar-refractivity contribution is -0.132. The normalized spacial score (nSPS) is 30.4. The van der Waals surface area contributed by atoms with E-state index in [-0.39, 0.29) is 18.1 Å². The summed E-state index contributed by atoms with van der Waals surface area (Å²) in [6.07, 6.45) is 4.14. The number of hydrogen-bond acceptors (Lipinski definition) is 3. The van der Waals surface area contributed by atoms with Gasteiger partial charge in [0.25, 0.3) is 0 Å². The van der Waals surface area contributed by atoms with Crippen LogP contribution in [0, 0.1) is 0 Å². The first-order valence-electron chi connectivity index (χ1n) is 5.91. The predicted molar refractivity (Wildman–Crippen MR) is 62.2 cm³/mol. The number of nitrogens with one attached hydrogen (secondary N) is 1. The zero-order valence-electron chi connectivity index (χ0n) is 10.0. The van der Waals surface area contributed by atoms with Crippen LogP contribution in [0.3, 0.4) is 0 Å². The highest BCUT2D eigenvalue weighted by Gasteiger charge is 2.32. The summed E-state index contributed by atoms with van der Waals surface area (Å²) in [7, 11) is 1.70. The van der Waals surface area contributed by atoms with Crippen LogP contribution in [-0.2, 0) is 9.53 Å². The summed E-state index contributed by atoms with van der Waals surface area (Å²) in [4.78, 5) is 14.1. The number of nitrogens with zero attached hydrogens (tertiary/aromatic N) is 1. The minimum Gasteiger partial charge on any atom is -0.380 e. The van der Waals surface area contributed by atoms with Crippen LogP contribution in [0.25, 0.3) is 0 Å². The third-order valence-corrected chi connectivity index (χ3v) is 3.47. The van der Waals surface area contributed by atoms with Crippen molar-refractivity contribution in [2.24, 2.45) is 0 Å². The Balaban J connectivity index is 1.89. The van der Waals surface area contributed by atoms with Gasteiger partial charge < -0.3 is 15.0 Å². The lowest BCUT2D eigenvalue weighted by atomic mass is 10.1. The maximum absolute atomic E-state index is 12.1. The van der Waals surface area contributed by atoms with Crippen LogP contribution in [0.15, 0.2) is 11.6 Å². The Morgan fingerprint density at radius 2 is 2.44 bits per heavy atom. The van der Waals surface area contributed by atoms with Crippen LogP contribution in [0.4, 0.5) is 0 Å². The van der Waals surface area contributed by atoms with E-state index in [2.05, 4.69) is 18.3 Å². The molecule has 0 spiro atoms. The Kier molecular flexibility index (Phi) is 3.61. The van der Waals surface area contributed by atoms with Crippen LogP contribution in [0.2, 0.25) is 0 Å². The lowest BCUT2D eigenvalue weighted by Gasteiger charge is -2.28. The predicted octanol–water partition coefficient (Wildman–Crippen LogP) is 0.542. The van der Waals surface area contributed by atoms with Gasteiger partial charge in [0, 0.05) is 26.7 Å². The van der Waals surface area contributed by atoms with Crippen LogP contribution in [0.5, 0.6) is 0 Å². The number of ether oxygens (including phenoxy) is 1. The van der Waals surface area contributed by atoms with Crippen LogP contribution >= 0.6 is 0 Å². The molecule has 0 aliphatic carbocycles. The van der Waals surface area contributed by atoms with E-state index in [1.165, 1.54) is 5.57 Å². The van der Waals surface area contributed by atoms with E-state index in [0.717, 1.165) is 32.5 Å². The molecule has 1 saturated heterocycles. The van der Waals surface area contributed by atoms with Gasteiger partial charge in [-0.05, 0) is 19.8 Å². The number of methoxy groups -OCH3 is 1. The standard InChI is InChI=1S/C12H20N2O2/c1-9-3-5-14(6-4-9)12(15)11-7-10(16-2)8-13-11/h3,10-11,13H,4-8H2,1-2H3. The Labute approximate surface area is 96.6 Å². The second kappa shape index (κ2) is 4.97. The first-order chi connectivity index (χ1) is 7.70. The highest BCUT2D eigenvalue weighted by atomic mass is 16.5. The minimum absolute atomic E-state index is 0.0447. The molecule has 1 N–H and O–H groups in total. The van der Waals surface area contributed by atoms with Gasteiger partial charge in [0.15, 0.2) is 0 Å². The van der Waals surface area contributed by atoms with Crippen LogP contribution in [-0.4, -0.2) is 49.7 Å². The quantitative estimate of drug-likeness (QED) is 0.696. The fraction of sp³-hybridized carbons (Fsp3) is 0.750. The molecule has 0 aromatic carbocycles. The number of amides is 1. The first kappa shape index (κ1) is 11.6. The molecule has 1 amide bonds. The smallest absolute Gasteiger partial charge is 0.240 e. The van der Waals surface area contributed by atoms with Crippen molar-refractivity contribution in [2.45, 2.75) is 31.9 Å². The molecule has 0 bridgehead atoms. The molecule has 2 atom stereocenters. The van der Waals surface area contributed by atoms with Gasteiger partial charge >= 0.3 is 0 Å². The molecule has 2 unspecified atom stereocenters. The van der Waals surface area contributed by atoms with E-state index >= 15 is 0 Å². The molecule has 0 aromatic rings. The number of hydrogen-bond donors (Lipinski definition) is 1. The van der Waals surface area contributed by atoms with Crippen molar-refractivity contribution in [1.82, 2.24) is 10.2 Å². The van der Waals surface area contributed by atoms with Gasteiger partial charge in [0.2, 0.25) is 5.91 Å². The molecule has 2 aliphatic rings. The number of rotatable bonds is 2. The summed E-state index contributed by atoms with van der Waals surface area (Å²) in [5, 5.41) is 3.23. The Bertz CT molecular complexity index is 301. The highest BCUT2D eigenvalue weighted by molar-refractivity contribution is 5.82. The van der Waals surface area contributed by atoms with E-state index < -0.39 is 0 Å². The summed E-state index contributed by atoms with van der Waals surface area (Å²) in [5.74, 6) is 0.225. The molecule has 4 nitrogen and oxygen atoms in total. The van der Waals surface area contributed by atoms with Gasteiger partial charge in [-0.2, -0.15) is 0 Å². The van der Waals surface area contributed by atoms with Crippen LogP contribution < -0.4 is 5.32 Å². The molecule has 0 saturated carbocycles. The van der Waals surface area contributed by atoms with Crippen molar-refractivity contribution in [2.75, 3.05) is 26.7 Å². The van der Waals surface area contributed by atoms with Crippen molar-refractivity contribution in [3.63, 3.8) is 0 Å². The van der Waals surface area contributed by atoms with E-state index in [0.29, 0.717) is 0 Å². The average molecular weight is 224 g/mol. The molecule has 2 rings (SSSR count). The second-order valence-electron chi connectivity index (χ2n) is 4.64. The van der Waals surface area contributed by atoms with Gasteiger partial charge in [-0.1, -0.05) is 11.6 Å². The zero-order chi connectivity index (χ0) is 11.5. The number of carbonyl (C=O) groups is 1. The lowest BCUT2D eigenvalue weighted by Crippen LogP contribution is -2.45. The fourth-order valence-electron chi connectivity index (χ4n) is 2.26. The average Bonchev–Trinajstić information content (AvgIpc) is 2.77. The summed E-state index contributed by atoms with van der Waals surface area (Å²) >= 11 is 0. The van der Waals surface area contributed by atoms with E-state index in [1.807, 2.05) is 4.90 Å². The molecule has 16 heavy (non-hydrogen) atoms. The molecular formula is C12H20N2O2. The van der Waals surface area contributed by atoms with Crippen LogP contribution in [0.1, 0.15) is 19.8 Å². The molecule has 0 aromatic heterocycles. The Morgan fingerprint density at radius 1 is 1.62 bits per heavy atom. The summed E-state index contributed by atoms with van der Waals surface area (Å²) in [5.41, 5.74) is 1.39. The van der Waals surface area contributed by atoms with Gasteiger partial charge in [-0.15, -0.1) is 0 Å². The molecule has 2 aliphatic heterocycles. The Morgan fingerprint density at radius 3 is 3.00 bits per heavy atom. The maximum Gasteiger partial charge on any atom is 0.240 e. The van der Waals surface area contributed by atoms with Crippen molar-refractivity contribution in [1.29, 1.82) is 0 Å². The monoisotopic (exact) mass is 224 g/mol. The van der Waals surface area contributed by atoms with Crippen molar-refractivity contribution >= 4 is 5.91 Å². The van der Waals surface area contributed by atoms with Crippen molar-refractivity contribution < 1.29 is 9.53 Å². The zero-order valence-corrected chi connectivity index (χ0v) is 10.0. The Hall–Kier alpha value is -0.870. The molecule has 0 radical (unpaired) electrons. The van der Waals surface area contributed by atoms with Crippen molar-refractivity contribution in [3.05, 3.63) is 11.6 Å². The molecule has 2 heterocycles. The molecular weight excluding hydrogens is 204 g/mol. The van der Waals surface area contributed by atoms with E-state index in [4.69, 9.17) is 4.74 Å². The van der Waals surface area contributed by atoms with Crippen molar-refractivity contribution in [3.8, 4) is 0 Å². The second-order valence-corrected chi connectivity index (χ2v) is 4.64. The van der Waals surface area contributed by atoms with Gasteiger partial charge in [0.05, 0.1) is 12.1 Å². The number of carbonyl (C=O) groups excluding carboxylic acids is 1. The maximum atomic E-state index is 12.1.